The van der Waals surface area contributed by atoms with E-state index < -0.39 is 61.4 Å². The topological polar surface area (TPSA) is 169 Å². The van der Waals surface area contributed by atoms with Crippen LogP contribution < -0.4 is 20.9 Å². The fraction of sp³-hybridized carbons (Fsp3) is 0.350. The molecule has 34 heavy (non-hydrogen) atoms. The Hall–Kier alpha value is -3.09. The van der Waals surface area contributed by atoms with Gasteiger partial charge < -0.3 is 19.5 Å². The Bertz CT molecular complexity index is 1200. The average molecular weight is 499 g/mol. The van der Waals surface area contributed by atoms with Crippen molar-refractivity contribution in [1.82, 2.24) is 14.6 Å². The Morgan fingerprint density at radius 3 is 2.71 bits per heavy atom. The summed E-state index contributed by atoms with van der Waals surface area (Å²) in [5, 5.41) is 22.0. The van der Waals surface area contributed by atoms with Crippen LogP contribution in [0, 0.1) is 5.82 Å². The molecule has 1 aromatic heterocycles. The van der Waals surface area contributed by atoms with Crippen molar-refractivity contribution < 1.29 is 37.7 Å². The van der Waals surface area contributed by atoms with Crippen molar-refractivity contribution in [2.75, 3.05) is 0 Å². The predicted octanol–water partition coefficient (Wildman–Crippen LogP) is 1.15. The van der Waals surface area contributed by atoms with E-state index in [9.17, 15) is 33.6 Å². The highest BCUT2D eigenvalue weighted by atomic mass is 31.2. The first kappa shape index (κ1) is 25.5. The van der Waals surface area contributed by atoms with E-state index in [0.717, 1.165) is 10.6 Å². The summed E-state index contributed by atoms with van der Waals surface area (Å²) in [6, 6.07) is 6.48. The Kier molecular flexibility index (Phi) is 7.85. The molecule has 1 fully saturated rings. The lowest BCUT2D eigenvalue weighted by molar-refractivity contribution is -0.138. The average Bonchev–Trinajstić information content (AvgIpc) is 3.16. The lowest BCUT2D eigenvalue weighted by Crippen LogP contribution is -2.39. The molecule has 12 nitrogen and oxygen atoms in total. The Labute approximate surface area is 192 Å². The van der Waals surface area contributed by atoms with Crippen molar-refractivity contribution in [2.45, 2.75) is 43.9 Å². The van der Waals surface area contributed by atoms with E-state index in [2.05, 4.69) is 11.7 Å². The Morgan fingerprint density at radius 1 is 1.41 bits per heavy atom. The predicted molar refractivity (Wildman–Crippen MR) is 116 cm³/mol. The van der Waals surface area contributed by atoms with E-state index in [-0.39, 0.29) is 12.2 Å². The minimum Gasteiger partial charge on any atom is -0.480 e. The highest BCUT2D eigenvalue weighted by molar-refractivity contribution is 7.52. The van der Waals surface area contributed by atoms with E-state index in [4.69, 9.17) is 13.8 Å². The molecule has 4 N–H and O–H groups in total. The molecule has 1 saturated heterocycles. The molecule has 14 heteroatoms. The second-order valence-corrected chi connectivity index (χ2v) is 9.05. The van der Waals surface area contributed by atoms with Crippen LogP contribution in [0.1, 0.15) is 19.6 Å². The summed E-state index contributed by atoms with van der Waals surface area (Å²) in [6.45, 7) is 4.80. The van der Waals surface area contributed by atoms with Gasteiger partial charge in [0.2, 0.25) is 5.82 Å². The third-order valence-corrected chi connectivity index (χ3v) is 6.55. The Balaban J connectivity index is 1.85. The van der Waals surface area contributed by atoms with Gasteiger partial charge in [-0.25, -0.2) is 9.36 Å². The maximum atomic E-state index is 13.7. The van der Waals surface area contributed by atoms with E-state index in [1.807, 2.05) is 0 Å². The lowest BCUT2D eigenvalue weighted by atomic mass is 10.1. The lowest BCUT2D eigenvalue weighted by Gasteiger charge is -2.28. The number of carboxylic acid groups (broad SMARTS) is 1. The third-order valence-electron chi connectivity index (χ3n) is 4.88. The van der Waals surface area contributed by atoms with Gasteiger partial charge in [0.05, 0.1) is 12.3 Å². The number of nitrogens with zero attached hydrogens (tertiary/aromatic N) is 1. The molecule has 0 amide bonds. The van der Waals surface area contributed by atoms with Gasteiger partial charge in [0.15, 0.2) is 0 Å². The van der Waals surface area contributed by atoms with E-state index >= 15 is 0 Å². The quantitative estimate of drug-likeness (QED) is 0.275. The summed E-state index contributed by atoms with van der Waals surface area (Å²) in [5.74, 6) is -2.45. The van der Waals surface area contributed by atoms with Crippen LogP contribution in [0.4, 0.5) is 4.39 Å². The summed E-state index contributed by atoms with van der Waals surface area (Å²) in [7, 11) is -4.39. The number of aromatic amines is 1. The maximum absolute atomic E-state index is 13.7. The molecule has 0 radical (unpaired) electrons. The molecule has 2 unspecified atom stereocenters. The number of rotatable bonds is 10. The van der Waals surface area contributed by atoms with Crippen LogP contribution >= 0.6 is 7.75 Å². The van der Waals surface area contributed by atoms with Gasteiger partial charge in [-0.2, -0.15) is 9.48 Å². The summed E-state index contributed by atoms with van der Waals surface area (Å²) < 4.78 is 44.5. The normalized spacial score (nSPS) is 23.6. The van der Waals surface area contributed by atoms with E-state index in [1.165, 1.54) is 19.1 Å². The monoisotopic (exact) mass is 499 g/mol. The zero-order chi connectivity index (χ0) is 25.0. The minimum absolute atomic E-state index is 0.111. The molecule has 0 spiro atoms. The second-order valence-electron chi connectivity index (χ2n) is 7.40. The number of hydrogen-bond acceptors (Lipinski definition) is 8. The first-order valence-corrected chi connectivity index (χ1v) is 11.6. The molecule has 0 saturated carbocycles. The molecule has 184 valence electrons. The van der Waals surface area contributed by atoms with Gasteiger partial charge in [0.1, 0.15) is 30.2 Å². The number of halogens is 1. The van der Waals surface area contributed by atoms with Crippen LogP contribution in [0.15, 0.2) is 58.8 Å². The Morgan fingerprint density at radius 2 is 2.09 bits per heavy atom. The summed E-state index contributed by atoms with van der Waals surface area (Å²) in [5.41, 5.74) is -2.17. The molecule has 0 bridgehead atoms. The van der Waals surface area contributed by atoms with Gasteiger partial charge in [-0.1, -0.05) is 24.3 Å². The number of ether oxygens (including phenoxy) is 1. The van der Waals surface area contributed by atoms with Crippen molar-refractivity contribution in [2.24, 2.45) is 0 Å². The number of nitrogens with one attached hydrogen (secondary N) is 2. The van der Waals surface area contributed by atoms with Crippen molar-refractivity contribution in [3.05, 3.63) is 75.8 Å². The highest BCUT2D eigenvalue weighted by Crippen LogP contribution is 2.48. The van der Waals surface area contributed by atoms with Crippen LogP contribution in [0.5, 0.6) is 5.75 Å². The number of carboxylic acids is 1. The second kappa shape index (κ2) is 10.5. The molecule has 0 aliphatic carbocycles. The minimum atomic E-state index is -4.39. The van der Waals surface area contributed by atoms with E-state index in [1.54, 1.807) is 23.2 Å². The van der Waals surface area contributed by atoms with Crippen molar-refractivity contribution >= 4 is 13.7 Å². The standard InChI is InChI=1S/C20H23FN3O9P/c1-3-15(17-14(25)9-16(31-17)24-10-13(21)18(26)22-20(24)29)33-34(30,23-11(2)19(27)28)32-12-7-5-4-6-8-12/h3-8,10-11,14-17,25H,1,9H2,2H3,(H,23,30)(H,27,28)(H,22,26,29)/t11?,14-,15?,16+,17-,34+/m0/s1. The first-order chi connectivity index (χ1) is 16.0. The fourth-order valence-electron chi connectivity index (χ4n) is 3.21. The third kappa shape index (κ3) is 5.88. The van der Waals surface area contributed by atoms with Gasteiger partial charge >= 0.3 is 19.4 Å². The van der Waals surface area contributed by atoms with E-state index in [0.29, 0.717) is 6.20 Å². The van der Waals surface area contributed by atoms with Crippen LogP contribution in [0.2, 0.25) is 0 Å². The molecular formula is C20H23FN3O9P. The zero-order valence-corrected chi connectivity index (χ0v) is 18.8. The summed E-state index contributed by atoms with van der Waals surface area (Å²) in [6.07, 6.45) is -3.45. The van der Waals surface area contributed by atoms with Gasteiger partial charge in [0.25, 0.3) is 5.56 Å². The van der Waals surface area contributed by atoms with Crippen LogP contribution in [0.25, 0.3) is 0 Å². The summed E-state index contributed by atoms with van der Waals surface area (Å²) >= 11 is 0. The van der Waals surface area contributed by atoms with Gasteiger partial charge in [0, 0.05) is 6.42 Å². The van der Waals surface area contributed by atoms with Crippen molar-refractivity contribution in [1.29, 1.82) is 0 Å². The number of para-hydroxylation sites is 1. The SMILES string of the molecule is C=CC(O[P@@](=O)(NC(C)C(=O)O)Oc1ccccc1)[C@H]1O[C@@H](n2cc(F)c(=O)[nH]c2=O)C[C@@H]1O. The van der Waals surface area contributed by atoms with Crippen LogP contribution in [0.3, 0.4) is 0 Å². The largest absolute Gasteiger partial charge is 0.480 e. The molecule has 1 aliphatic rings. The molecule has 1 aliphatic heterocycles. The number of aliphatic hydroxyl groups excluding tert-OH is 1. The van der Waals surface area contributed by atoms with Gasteiger partial charge in [-0.15, -0.1) is 6.58 Å². The zero-order valence-electron chi connectivity index (χ0n) is 17.9. The number of H-pyrrole nitrogens is 1. The fourth-order valence-corrected chi connectivity index (χ4v) is 4.87. The number of aliphatic carboxylic acids is 1. The summed E-state index contributed by atoms with van der Waals surface area (Å²) in [4.78, 5) is 36.4. The molecule has 6 atom stereocenters. The number of carbonyl (C=O) groups is 1. The number of aromatic nitrogens is 2. The molecule has 2 aromatic rings. The molecule has 1 aromatic carbocycles. The molecule has 3 rings (SSSR count). The molecular weight excluding hydrogens is 476 g/mol. The van der Waals surface area contributed by atoms with Crippen molar-refractivity contribution in [3.63, 3.8) is 0 Å². The van der Waals surface area contributed by atoms with Gasteiger partial charge in [-0.05, 0) is 19.1 Å². The van der Waals surface area contributed by atoms with Crippen LogP contribution in [-0.2, 0) is 18.6 Å². The highest BCUT2D eigenvalue weighted by Gasteiger charge is 2.44. The number of hydrogen-bond donors (Lipinski definition) is 4. The van der Waals surface area contributed by atoms with Gasteiger partial charge in [-0.3, -0.25) is 23.7 Å². The number of benzene rings is 1. The maximum Gasteiger partial charge on any atom is 0.460 e. The first-order valence-electron chi connectivity index (χ1n) is 10.0. The van der Waals surface area contributed by atoms with Crippen LogP contribution in [-0.4, -0.2) is 50.1 Å². The van der Waals surface area contributed by atoms with Crippen molar-refractivity contribution in [3.8, 4) is 5.75 Å². The number of aliphatic hydroxyl groups is 1. The smallest absolute Gasteiger partial charge is 0.460 e. The molecule has 2 heterocycles.